The standard InChI is InChI=1S/C12H18O/c1-2-3-4-5-6-7-8-12-9-10-13-11-12/h6-7,9-11H,2-5,8H2,1H3. The van der Waals surface area contributed by atoms with Crippen LogP contribution >= 0.6 is 0 Å². The van der Waals surface area contributed by atoms with E-state index >= 15 is 0 Å². The molecular formula is C12H18O. The first-order chi connectivity index (χ1) is 6.43. The summed E-state index contributed by atoms with van der Waals surface area (Å²) in [5.74, 6) is 0. The molecule has 0 atom stereocenters. The Balaban J connectivity index is 2.05. The summed E-state index contributed by atoms with van der Waals surface area (Å²) in [7, 11) is 0. The molecule has 0 unspecified atom stereocenters. The van der Waals surface area contributed by atoms with Gasteiger partial charge >= 0.3 is 0 Å². The lowest BCUT2D eigenvalue weighted by Crippen LogP contribution is -1.75. The molecule has 1 rings (SSSR count). The Kier molecular flexibility index (Phi) is 5.07. The van der Waals surface area contributed by atoms with Gasteiger partial charge in [-0.05, 0) is 30.9 Å². The van der Waals surface area contributed by atoms with Crippen LogP contribution < -0.4 is 0 Å². The van der Waals surface area contributed by atoms with Crippen LogP contribution in [0.2, 0.25) is 0 Å². The van der Waals surface area contributed by atoms with Crippen molar-refractivity contribution in [3.8, 4) is 0 Å². The number of unbranched alkanes of at least 4 members (excludes halogenated alkanes) is 3. The molecule has 1 heterocycles. The second-order valence-corrected chi connectivity index (χ2v) is 3.30. The van der Waals surface area contributed by atoms with Crippen LogP contribution in [0.4, 0.5) is 0 Å². The average Bonchev–Trinajstić information content (AvgIpc) is 2.63. The van der Waals surface area contributed by atoms with Crippen LogP contribution in [0.5, 0.6) is 0 Å². The third-order valence-corrected chi connectivity index (χ3v) is 2.07. The summed E-state index contributed by atoms with van der Waals surface area (Å²) in [5.41, 5.74) is 1.26. The van der Waals surface area contributed by atoms with Crippen molar-refractivity contribution in [3.05, 3.63) is 36.3 Å². The molecule has 1 aromatic heterocycles. The molecule has 72 valence electrons. The fourth-order valence-corrected chi connectivity index (χ4v) is 1.26. The van der Waals surface area contributed by atoms with E-state index < -0.39 is 0 Å². The Morgan fingerprint density at radius 2 is 2.23 bits per heavy atom. The Morgan fingerprint density at radius 1 is 1.31 bits per heavy atom. The van der Waals surface area contributed by atoms with E-state index in [0.717, 1.165) is 6.42 Å². The van der Waals surface area contributed by atoms with Crippen molar-refractivity contribution in [2.24, 2.45) is 0 Å². The highest BCUT2D eigenvalue weighted by Gasteiger charge is 1.88. The lowest BCUT2D eigenvalue weighted by molar-refractivity contribution is 0.565. The fourth-order valence-electron chi connectivity index (χ4n) is 1.26. The van der Waals surface area contributed by atoms with Gasteiger partial charge in [-0.2, -0.15) is 0 Å². The van der Waals surface area contributed by atoms with E-state index in [0.29, 0.717) is 0 Å². The largest absolute Gasteiger partial charge is 0.472 e. The second kappa shape index (κ2) is 6.53. The van der Waals surface area contributed by atoms with Crippen molar-refractivity contribution in [1.29, 1.82) is 0 Å². The summed E-state index contributed by atoms with van der Waals surface area (Å²) >= 11 is 0. The van der Waals surface area contributed by atoms with E-state index in [-0.39, 0.29) is 0 Å². The molecule has 0 aliphatic carbocycles. The predicted octanol–water partition coefficient (Wildman–Crippen LogP) is 3.96. The van der Waals surface area contributed by atoms with E-state index in [4.69, 9.17) is 4.42 Å². The number of furan rings is 1. The molecular weight excluding hydrogens is 160 g/mol. The molecule has 1 heteroatoms. The van der Waals surface area contributed by atoms with Crippen molar-refractivity contribution in [3.63, 3.8) is 0 Å². The van der Waals surface area contributed by atoms with E-state index in [1.165, 1.54) is 31.2 Å². The first-order valence-electron chi connectivity index (χ1n) is 5.09. The fraction of sp³-hybridized carbons (Fsp3) is 0.500. The quantitative estimate of drug-likeness (QED) is 0.474. The van der Waals surface area contributed by atoms with Crippen molar-refractivity contribution in [1.82, 2.24) is 0 Å². The summed E-state index contributed by atoms with van der Waals surface area (Å²) in [5, 5.41) is 0. The molecule has 0 saturated carbocycles. The van der Waals surface area contributed by atoms with Gasteiger partial charge in [-0.25, -0.2) is 0 Å². The lowest BCUT2D eigenvalue weighted by atomic mass is 10.1. The normalized spacial score (nSPS) is 11.2. The maximum atomic E-state index is 4.98. The molecule has 1 nitrogen and oxygen atoms in total. The number of hydrogen-bond acceptors (Lipinski definition) is 1. The topological polar surface area (TPSA) is 13.1 Å². The molecule has 0 aromatic carbocycles. The van der Waals surface area contributed by atoms with Gasteiger partial charge in [0.25, 0.3) is 0 Å². The third-order valence-electron chi connectivity index (χ3n) is 2.07. The molecule has 13 heavy (non-hydrogen) atoms. The van der Waals surface area contributed by atoms with Crippen LogP contribution in [0.3, 0.4) is 0 Å². The molecule has 0 aliphatic rings. The van der Waals surface area contributed by atoms with Gasteiger partial charge in [0.05, 0.1) is 12.5 Å². The average molecular weight is 178 g/mol. The van der Waals surface area contributed by atoms with Crippen LogP contribution in [0.1, 0.15) is 38.2 Å². The minimum absolute atomic E-state index is 1.00. The zero-order valence-corrected chi connectivity index (χ0v) is 8.33. The Labute approximate surface area is 80.5 Å². The molecule has 0 N–H and O–H groups in total. The molecule has 1 aromatic rings. The Hall–Kier alpha value is -0.980. The minimum atomic E-state index is 1.00. The molecule has 0 aliphatic heterocycles. The number of rotatable bonds is 6. The zero-order valence-electron chi connectivity index (χ0n) is 8.33. The van der Waals surface area contributed by atoms with Gasteiger partial charge in [-0.15, -0.1) is 0 Å². The molecule has 0 radical (unpaired) electrons. The maximum Gasteiger partial charge on any atom is 0.0937 e. The van der Waals surface area contributed by atoms with Crippen molar-refractivity contribution >= 4 is 0 Å². The summed E-state index contributed by atoms with van der Waals surface area (Å²) in [4.78, 5) is 0. The highest BCUT2D eigenvalue weighted by molar-refractivity contribution is 5.09. The van der Waals surface area contributed by atoms with Gasteiger partial charge in [0, 0.05) is 0 Å². The molecule has 0 bridgehead atoms. The number of hydrogen-bond donors (Lipinski definition) is 0. The number of allylic oxidation sites excluding steroid dienone is 2. The molecule has 0 amide bonds. The van der Waals surface area contributed by atoms with Gasteiger partial charge in [0.2, 0.25) is 0 Å². The van der Waals surface area contributed by atoms with Crippen LogP contribution in [0.25, 0.3) is 0 Å². The van der Waals surface area contributed by atoms with Crippen molar-refractivity contribution < 1.29 is 4.42 Å². The van der Waals surface area contributed by atoms with E-state index in [1.807, 2.05) is 6.07 Å². The van der Waals surface area contributed by atoms with Gasteiger partial charge < -0.3 is 4.42 Å². The van der Waals surface area contributed by atoms with E-state index in [2.05, 4.69) is 19.1 Å². The molecule has 0 spiro atoms. The third kappa shape index (κ3) is 4.56. The van der Waals surface area contributed by atoms with Crippen molar-refractivity contribution in [2.75, 3.05) is 0 Å². The SMILES string of the molecule is CCCCCC=CCc1ccoc1. The monoisotopic (exact) mass is 178 g/mol. The first-order valence-corrected chi connectivity index (χ1v) is 5.09. The summed E-state index contributed by atoms with van der Waals surface area (Å²) in [6.45, 7) is 2.23. The van der Waals surface area contributed by atoms with Crippen LogP contribution in [0.15, 0.2) is 35.2 Å². The summed E-state index contributed by atoms with van der Waals surface area (Å²) in [6.07, 6.45) is 14.2. The van der Waals surface area contributed by atoms with E-state index in [9.17, 15) is 0 Å². The predicted molar refractivity (Wildman–Crippen MR) is 55.7 cm³/mol. The van der Waals surface area contributed by atoms with Gasteiger partial charge in [0.15, 0.2) is 0 Å². The van der Waals surface area contributed by atoms with Gasteiger partial charge in [-0.1, -0.05) is 31.9 Å². The highest BCUT2D eigenvalue weighted by atomic mass is 16.3. The van der Waals surface area contributed by atoms with Crippen molar-refractivity contribution in [2.45, 2.75) is 39.0 Å². The maximum absolute atomic E-state index is 4.98. The smallest absolute Gasteiger partial charge is 0.0937 e. The van der Waals surface area contributed by atoms with Gasteiger partial charge in [-0.3, -0.25) is 0 Å². The lowest BCUT2D eigenvalue weighted by Gasteiger charge is -1.91. The Bertz CT molecular complexity index is 221. The van der Waals surface area contributed by atoms with Gasteiger partial charge in [0.1, 0.15) is 0 Å². The summed E-state index contributed by atoms with van der Waals surface area (Å²) in [6, 6.07) is 2.01. The summed E-state index contributed by atoms with van der Waals surface area (Å²) < 4.78 is 4.98. The molecule has 0 saturated heterocycles. The molecule has 0 fully saturated rings. The van der Waals surface area contributed by atoms with E-state index in [1.54, 1.807) is 12.5 Å². The zero-order chi connectivity index (χ0) is 9.36. The van der Waals surface area contributed by atoms with Crippen LogP contribution in [-0.4, -0.2) is 0 Å². The minimum Gasteiger partial charge on any atom is -0.472 e. The first kappa shape index (κ1) is 10.1. The second-order valence-electron chi connectivity index (χ2n) is 3.30. The Morgan fingerprint density at radius 3 is 2.92 bits per heavy atom. The van der Waals surface area contributed by atoms with Crippen LogP contribution in [-0.2, 0) is 6.42 Å². The highest BCUT2D eigenvalue weighted by Crippen LogP contribution is 2.03. The van der Waals surface area contributed by atoms with Crippen LogP contribution in [0, 0.1) is 0 Å².